The SMILES string of the molecule is O=C(O)C1=C[C@H](O)[C@@H](O)[C@@H](OP(=O)(O)OP(=O)(O)OP(=O)(O)OC[C@H]2O[C@@H](n3ccc(=O)[nH]c3=O)[C@H](O)[C@@H]2O)O1. The number of phosphoric acid groups is 3. The summed E-state index contributed by atoms with van der Waals surface area (Å²) in [5.74, 6) is -2.85. The van der Waals surface area contributed by atoms with Crippen molar-refractivity contribution in [2.75, 3.05) is 6.61 Å². The lowest BCUT2D eigenvalue weighted by molar-refractivity contribution is -0.177. The third kappa shape index (κ3) is 8.01. The summed E-state index contributed by atoms with van der Waals surface area (Å²) in [5, 5.41) is 48.4. The van der Waals surface area contributed by atoms with E-state index in [0.717, 1.165) is 12.3 Å². The van der Waals surface area contributed by atoms with Crippen LogP contribution in [-0.4, -0.2) is 99.1 Å². The summed E-state index contributed by atoms with van der Waals surface area (Å²) in [6.45, 7) is -1.15. The van der Waals surface area contributed by atoms with E-state index in [1.54, 1.807) is 0 Å². The fourth-order valence-electron chi connectivity index (χ4n) is 3.20. The van der Waals surface area contributed by atoms with Crippen molar-refractivity contribution in [3.05, 3.63) is 44.9 Å². The molecule has 226 valence electrons. The first-order valence-corrected chi connectivity index (χ1v) is 14.8. The number of aromatic nitrogens is 2. The molecule has 1 saturated heterocycles. The van der Waals surface area contributed by atoms with E-state index in [2.05, 4.69) is 22.4 Å². The zero-order valence-electron chi connectivity index (χ0n) is 19.2. The fraction of sp³-hybridized carbons (Fsp3) is 0.533. The number of H-pyrrole nitrogens is 1. The minimum atomic E-state index is -6.07. The summed E-state index contributed by atoms with van der Waals surface area (Å²) in [4.78, 5) is 65.0. The second-order valence-electron chi connectivity index (χ2n) is 7.84. The summed E-state index contributed by atoms with van der Waals surface area (Å²) in [5.41, 5.74) is -1.84. The van der Waals surface area contributed by atoms with Gasteiger partial charge in [0.1, 0.15) is 30.5 Å². The van der Waals surface area contributed by atoms with Gasteiger partial charge in [-0.25, -0.2) is 27.8 Å². The van der Waals surface area contributed by atoms with Crippen LogP contribution in [0.15, 0.2) is 33.7 Å². The van der Waals surface area contributed by atoms with Crippen LogP contribution in [0.5, 0.6) is 0 Å². The first-order valence-electron chi connectivity index (χ1n) is 10.4. The average molecular weight is 642 g/mol. The minimum Gasteiger partial charge on any atom is -0.475 e. The number of aliphatic carboxylic acids is 1. The molecule has 25 heteroatoms. The number of aliphatic hydroxyl groups excluding tert-OH is 4. The maximum atomic E-state index is 12.1. The molecule has 0 aliphatic carbocycles. The molecule has 0 amide bonds. The molecule has 22 nitrogen and oxygen atoms in total. The van der Waals surface area contributed by atoms with E-state index >= 15 is 0 Å². The van der Waals surface area contributed by atoms with Gasteiger partial charge in [-0.05, 0) is 6.08 Å². The number of hydrogen-bond donors (Lipinski definition) is 9. The Morgan fingerprint density at radius 3 is 2.20 bits per heavy atom. The molecule has 0 bridgehead atoms. The van der Waals surface area contributed by atoms with Gasteiger partial charge >= 0.3 is 35.1 Å². The molecule has 3 heterocycles. The summed E-state index contributed by atoms with van der Waals surface area (Å²) in [6, 6.07) is 0.886. The molecule has 40 heavy (non-hydrogen) atoms. The van der Waals surface area contributed by atoms with Crippen molar-refractivity contribution < 1.29 is 85.8 Å². The van der Waals surface area contributed by atoms with Gasteiger partial charge in [0, 0.05) is 12.3 Å². The molecule has 2 aliphatic heterocycles. The van der Waals surface area contributed by atoms with Gasteiger partial charge in [-0.3, -0.25) is 18.9 Å². The topological polar surface area (TPSA) is 340 Å². The Bertz CT molecular complexity index is 1410. The molecule has 0 saturated carbocycles. The highest BCUT2D eigenvalue weighted by atomic mass is 31.3. The minimum absolute atomic E-state index is 0.501. The Labute approximate surface area is 220 Å². The number of phosphoric ester groups is 2. The van der Waals surface area contributed by atoms with Crippen LogP contribution in [0.3, 0.4) is 0 Å². The highest BCUT2D eigenvalue weighted by Gasteiger charge is 2.48. The van der Waals surface area contributed by atoms with Crippen molar-refractivity contribution in [2.24, 2.45) is 0 Å². The largest absolute Gasteiger partial charge is 0.490 e. The number of carbonyl (C=O) groups is 1. The predicted molar refractivity (Wildman–Crippen MR) is 119 cm³/mol. The van der Waals surface area contributed by atoms with Crippen LogP contribution < -0.4 is 11.2 Å². The quantitative estimate of drug-likeness (QED) is 0.106. The third-order valence-corrected chi connectivity index (χ3v) is 9.17. The van der Waals surface area contributed by atoms with Crippen molar-refractivity contribution in [3.63, 3.8) is 0 Å². The van der Waals surface area contributed by atoms with E-state index < -0.39 is 96.1 Å². The lowest BCUT2D eigenvalue weighted by atomic mass is 10.1. The smallest absolute Gasteiger partial charge is 0.475 e. The van der Waals surface area contributed by atoms with Gasteiger partial charge in [-0.2, -0.15) is 8.62 Å². The van der Waals surface area contributed by atoms with Gasteiger partial charge in [-0.15, -0.1) is 0 Å². The Morgan fingerprint density at radius 1 is 0.975 bits per heavy atom. The zero-order valence-corrected chi connectivity index (χ0v) is 21.9. The van der Waals surface area contributed by atoms with Crippen LogP contribution in [0.1, 0.15) is 6.23 Å². The molecule has 1 fully saturated rings. The Morgan fingerprint density at radius 2 is 1.60 bits per heavy atom. The van der Waals surface area contributed by atoms with Crippen LogP contribution >= 0.6 is 23.5 Å². The van der Waals surface area contributed by atoms with Crippen LogP contribution in [0, 0.1) is 0 Å². The van der Waals surface area contributed by atoms with Gasteiger partial charge in [0.05, 0.1) is 6.61 Å². The number of carboxylic acid groups (broad SMARTS) is 1. The number of aromatic amines is 1. The van der Waals surface area contributed by atoms with E-state index in [-0.39, 0.29) is 0 Å². The fourth-order valence-corrected chi connectivity index (χ4v) is 6.78. The van der Waals surface area contributed by atoms with E-state index in [4.69, 9.17) is 9.84 Å². The summed E-state index contributed by atoms with van der Waals surface area (Å²) in [7, 11) is -17.7. The molecular weight excluding hydrogens is 621 g/mol. The van der Waals surface area contributed by atoms with Crippen LogP contribution in [-0.2, 0) is 45.6 Å². The maximum Gasteiger partial charge on any atom is 0.490 e. The van der Waals surface area contributed by atoms with E-state index in [1.807, 2.05) is 4.98 Å². The molecule has 0 aromatic carbocycles. The Kier molecular flexibility index (Phi) is 9.74. The molecule has 3 unspecified atom stereocenters. The van der Waals surface area contributed by atoms with E-state index in [1.165, 1.54) is 0 Å². The summed E-state index contributed by atoms with van der Waals surface area (Å²) < 4.78 is 62.9. The Balaban J connectivity index is 1.61. The van der Waals surface area contributed by atoms with Crippen molar-refractivity contribution in [1.82, 2.24) is 9.55 Å². The summed E-state index contributed by atoms with van der Waals surface area (Å²) >= 11 is 0. The maximum absolute atomic E-state index is 12.1. The first kappa shape index (κ1) is 32.4. The molecule has 2 aliphatic rings. The van der Waals surface area contributed by atoms with Crippen LogP contribution in [0.25, 0.3) is 0 Å². The van der Waals surface area contributed by atoms with E-state index in [9.17, 15) is 63.2 Å². The number of nitrogens with one attached hydrogen (secondary N) is 1. The highest BCUT2D eigenvalue weighted by molar-refractivity contribution is 7.66. The molecule has 3 rings (SSSR count). The van der Waals surface area contributed by atoms with Gasteiger partial charge in [0.15, 0.2) is 6.23 Å². The predicted octanol–water partition coefficient (Wildman–Crippen LogP) is -3.43. The molecule has 0 radical (unpaired) electrons. The molecule has 10 atom stereocenters. The standard InChI is InChI=1S/C15H21N2O20P3/c18-5-3-6(13(23)24)34-14(9(5)20)35-39(28,29)37-40(30,31)36-38(26,27)32-4-7-10(21)11(22)12(33-7)17-2-1-8(19)16-15(17)25/h1-3,5,7,9-12,14,18,20-22H,4H2,(H,23,24)(H,26,27)(H,28,29)(H,30,31)(H,16,19,25)/t5-,7+,9+,10+,11+,12+,14+/m0/s1. The van der Waals surface area contributed by atoms with Gasteiger partial charge in [-0.1, -0.05) is 0 Å². The third-order valence-electron chi connectivity index (χ3n) is 4.92. The monoisotopic (exact) mass is 642 g/mol. The van der Waals surface area contributed by atoms with Crippen molar-refractivity contribution in [1.29, 1.82) is 0 Å². The van der Waals surface area contributed by atoms with Gasteiger partial charge < -0.3 is 49.7 Å². The average Bonchev–Trinajstić information content (AvgIpc) is 3.07. The lowest BCUT2D eigenvalue weighted by Gasteiger charge is -2.31. The number of hydrogen-bond acceptors (Lipinski definition) is 16. The highest BCUT2D eigenvalue weighted by Crippen LogP contribution is 2.68. The number of aliphatic hydroxyl groups is 4. The van der Waals surface area contributed by atoms with Crippen LogP contribution in [0.2, 0.25) is 0 Å². The van der Waals surface area contributed by atoms with Crippen molar-refractivity contribution in [3.8, 4) is 0 Å². The second-order valence-corrected chi connectivity index (χ2v) is 12.4. The normalized spacial score (nSPS) is 33.2. The van der Waals surface area contributed by atoms with Gasteiger partial charge in [0.2, 0.25) is 12.0 Å². The molecular formula is C15H21N2O20P3. The number of carboxylic acids is 1. The summed E-state index contributed by atoms with van der Waals surface area (Å²) in [6.07, 6.45) is -12.3. The Hall–Kier alpha value is -2.10. The molecule has 0 spiro atoms. The van der Waals surface area contributed by atoms with Crippen LogP contribution in [0.4, 0.5) is 0 Å². The first-order chi connectivity index (χ1) is 18.3. The number of nitrogens with zero attached hydrogens (tertiary/aromatic N) is 1. The van der Waals surface area contributed by atoms with Gasteiger partial charge in [0.25, 0.3) is 5.56 Å². The number of rotatable bonds is 11. The number of ether oxygens (including phenoxy) is 2. The van der Waals surface area contributed by atoms with Crippen molar-refractivity contribution >= 4 is 29.4 Å². The molecule has 1 aromatic rings. The van der Waals surface area contributed by atoms with E-state index in [0.29, 0.717) is 10.6 Å². The second kappa shape index (κ2) is 12.0. The molecule has 9 N–H and O–H groups in total. The lowest BCUT2D eigenvalue weighted by Crippen LogP contribution is -2.43. The van der Waals surface area contributed by atoms with Crippen molar-refractivity contribution in [2.45, 2.75) is 43.0 Å². The molecule has 1 aromatic heterocycles. The zero-order chi connectivity index (χ0) is 30.2.